The number of amides is 2. The Morgan fingerprint density at radius 3 is 2.00 bits per heavy atom. The molecule has 5 nitrogen and oxygen atoms in total. The molecule has 2 aliphatic heterocycles. The summed E-state index contributed by atoms with van der Waals surface area (Å²) in [5.41, 5.74) is 1.40. The summed E-state index contributed by atoms with van der Waals surface area (Å²) in [5, 5.41) is 0. The number of hydrogen-bond donors (Lipinski definition) is 0. The van der Waals surface area contributed by atoms with E-state index in [2.05, 4.69) is 4.90 Å². The van der Waals surface area contributed by atoms with Gasteiger partial charge in [0.05, 0.1) is 5.92 Å². The van der Waals surface area contributed by atoms with E-state index in [4.69, 9.17) is 0 Å². The predicted molar refractivity (Wildman–Crippen MR) is 110 cm³/mol. The molecule has 7 heteroatoms. The molecule has 158 valence electrons. The number of nitrogens with zero attached hydrogens (tertiary/aromatic N) is 3. The van der Waals surface area contributed by atoms with Crippen LogP contribution >= 0.6 is 0 Å². The molecule has 2 aromatic carbocycles. The van der Waals surface area contributed by atoms with Gasteiger partial charge in [-0.25, -0.2) is 8.78 Å². The summed E-state index contributed by atoms with van der Waals surface area (Å²) in [6.45, 7) is 3.62. The van der Waals surface area contributed by atoms with Gasteiger partial charge in [0.15, 0.2) is 0 Å². The molecule has 2 fully saturated rings. The van der Waals surface area contributed by atoms with Crippen molar-refractivity contribution in [2.24, 2.45) is 5.92 Å². The Bertz CT molecular complexity index is 894. The van der Waals surface area contributed by atoms with Gasteiger partial charge in [-0.3, -0.25) is 9.59 Å². The largest absolute Gasteiger partial charge is 0.368 e. The van der Waals surface area contributed by atoms with E-state index in [9.17, 15) is 18.4 Å². The van der Waals surface area contributed by atoms with Crippen LogP contribution in [0.15, 0.2) is 48.5 Å². The molecular formula is C23H25F2N3O2. The van der Waals surface area contributed by atoms with Gasteiger partial charge in [-0.15, -0.1) is 0 Å². The summed E-state index contributed by atoms with van der Waals surface area (Å²) in [6, 6.07) is 11.9. The maximum absolute atomic E-state index is 13.1. The van der Waals surface area contributed by atoms with Crippen LogP contribution in [0.2, 0.25) is 0 Å². The highest BCUT2D eigenvalue weighted by Gasteiger charge is 2.33. The second kappa shape index (κ2) is 8.81. The SMILES string of the molecule is O=C(c1ccc(F)cc1)N1CCC[C@H](C(=O)N2CCN(c3ccc(F)cc3)CC2)C1. The Balaban J connectivity index is 1.34. The summed E-state index contributed by atoms with van der Waals surface area (Å²) in [7, 11) is 0. The van der Waals surface area contributed by atoms with E-state index >= 15 is 0 Å². The van der Waals surface area contributed by atoms with Crippen LogP contribution in [0.1, 0.15) is 23.2 Å². The number of hydrogen-bond acceptors (Lipinski definition) is 3. The quantitative estimate of drug-likeness (QED) is 0.777. The van der Waals surface area contributed by atoms with Gasteiger partial charge in [0.2, 0.25) is 5.91 Å². The average molecular weight is 413 g/mol. The van der Waals surface area contributed by atoms with Crippen LogP contribution in [-0.2, 0) is 4.79 Å². The number of benzene rings is 2. The molecule has 2 saturated heterocycles. The van der Waals surface area contributed by atoms with Crippen molar-refractivity contribution < 1.29 is 18.4 Å². The standard InChI is InChI=1S/C23H25F2N3O2/c24-19-5-3-17(4-6-19)22(29)28-11-1-2-18(16-28)23(30)27-14-12-26(13-15-27)21-9-7-20(25)8-10-21/h3-10,18H,1-2,11-16H2/t18-/m0/s1. The molecule has 0 bridgehead atoms. The van der Waals surface area contributed by atoms with Crippen LogP contribution in [0.5, 0.6) is 0 Å². The van der Waals surface area contributed by atoms with Crippen LogP contribution in [-0.4, -0.2) is 60.9 Å². The number of carbonyl (C=O) groups excluding carboxylic acids is 2. The lowest BCUT2D eigenvalue weighted by Gasteiger charge is -2.39. The first kappa shape index (κ1) is 20.3. The first-order valence-electron chi connectivity index (χ1n) is 10.4. The molecule has 2 aliphatic rings. The summed E-state index contributed by atoms with van der Waals surface area (Å²) in [4.78, 5) is 31.5. The Morgan fingerprint density at radius 2 is 1.37 bits per heavy atom. The van der Waals surface area contributed by atoms with Crippen molar-refractivity contribution in [3.8, 4) is 0 Å². The van der Waals surface area contributed by atoms with Crippen LogP contribution < -0.4 is 4.90 Å². The number of likely N-dealkylation sites (tertiary alicyclic amines) is 1. The van der Waals surface area contributed by atoms with Crippen LogP contribution in [0.4, 0.5) is 14.5 Å². The molecule has 0 radical (unpaired) electrons. The molecule has 4 rings (SSSR count). The summed E-state index contributed by atoms with van der Waals surface area (Å²) < 4.78 is 26.3. The van der Waals surface area contributed by atoms with Crippen LogP contribution in [0.3, 0.4) is 0 Å². The van der Waals surface area contributed by atoms with Gasteiger partial charge >= 0.3 is 0 Å². The van der Waals surface area contributed by atoms with Crippen molar-refractivity contribution in [1.82, 2.24) is 9.80 Å². The van der Waals surface area contributed by atoms with Gasteiger partial charge in [0.1, 0.15) is 11.6 Å². The van der Waals surface area contributed by atoms with E-state index in [1.54, 1.807) is 17.0 Å². The molecule has 2 aromatic rings. The van der Waals surface area contributed by atoms with Crippen molar-refractivity contribution >= 4 is 17.5 Å². The molecule has 1 atom stereocenters. The average Bonchev–Trinajstić information content (AvgIpc) is 2.79. The zero-order valence-electron chi connectivity index (χ0n) is 16.8. The van der Waals surface area contributed by atoms with E-state index in [0.29, 0.717) is 44.8 Å². The van der Waals surface area contributed by atoms with Crippen molar-refractivity contribution in [3.05, 3.63) is 65.7 Å². The predicted octanol–water partition coefficient (Wildman–Crippen LogP) is 3.17. The number of piperidine rings is 1. The number of piperazine rings is 1. The Morgan fingerprint density at radius 1 is 0.767 bits per heavy atom. The minimum absolute atomic E-state index is 0.0883. The molecule has 2 amide bonds. The Hall–Kier alpha value is -2.96. The van der Waals surface area contributed by atoms with Gasteiger partial charge in [-0.2, -0.15) is 0 Å². The third-order valence-corrected chi connectivity index (χ3v) is 5.93. The van der Waals surface area contributed by atoms with Crippen LogP contribution in [0.25, 0.3) is 0 Å². The minimum atomic E-state index is -0.377. The first-order valence-corrected chi connectivity index (χ1v) is 10.4. The highest BCUT2D eigenvalue weighted by Crippen LogP contribution is 2.23. The Labute approximate surface area is 174 Å². The molecular weight excluding hydrogens is 388 g/mol. The highest BCUT2D eigenvalue weighted by molar-refractivity contribution is 5.94. The lowest BCUT2D eigenvalue weighted by Crippen LogP contribution is -2.53. The number of halogens is 2. The zero-order chi connectivity index (χ0) is 21.1. The molecule has 30 heavy (non-hydrogen) atoms. The smallest absolute Gasteiger partial charge is 0.253 e. The number of rotatable bonds is 3. The summed E-state index contributed by atoms with van der Waals surface area (Å²) in [5.74, 6) is -0.915. The van der Waals surface area contributed by atoms with Crippen molar-refractivity contribution in [2.75, 3.05) is 44.2 Å². The fourth-order valence-corrected chi connectivity index (χ4v) is 4.23. The maximum Gasteiger partial charge on any atom is 0.253 e. The van der Waals surface area contributed by atoms with Crippen LogP contribution in [0, 0.1) is 17.6 Å². The highest BCUT2D eigenvalue weighted by atomic mass is 19.1. The fraction of sp³-hybridized carbons (Fsp3) is 0.391. The lowest BCUT2D eigenvalue weighted by molar-refractivity contribution is -0.137. The fourth-order valence-electron chi connectivity index (χ4n) is 4.23. The second-order valence-corrected chi connectivity index (χ2v) is 7.89. The second-order valence-electron chi connectivity index (χ2n) is 7.89. The van der Waals surface area contributed by atoms with E-state index in [1.807, 2.05) is 4.90 Å². The van der Waals surface area contributed by atoms with E-state index < -0.39 is 0 Å². The minimum Gasteiger partial charge on any atom is -0.368 e. The van der Waals surface area contributed by atoms with E-state index in [1.165, 1.54) is 36.4 Å². The Kier molecular flexibility index (Phi) is 5.97. The van der Waals surface area contributed by atoms with E-state index in [0.717, 1.165) is 18.5 Å². The van der Waals surface area contributed by atoms with Gasteiger partial charge in [-0.05, 0) is 61.4 Å². The van der Waals surface area contributed by atoms with Crippen molar-refractivity contribution in [2.45, 2.75) is 12.8 Å². The summed E-state index contributed by atoms with van der Waals surface area (Å²) in [6.07, 6.45) is 1.54. The number of anilines is 1. The molecule has 0 spiro atoms. The lowest BCUT2D eigenvalue weighted by atomic mass is 9.95. The van der Waals surface area contributed by atoms with Gasteiger partial charge in [0, 0.05) is 50.5 Å². The van der Waals surface area contributed by atoms with Gasteiger partial charge in [0.25, 0.3) is 5.91 Å². The maximum atomic E-state index is 13.1. The van der Waals surface area contributed by atoms with Crippen molar-refractivity contribution in [3.63, 3.8) is 0 Å². The molecule has 0 aliphatic carbocycles. The molecule has 2 heterocycles. The number of carbonyl (C=O) groups is 2. The monoisotopic (exact) mass is 413 g/mol. The third-order valence-electron chi connectivity index (χ3n) is 5.93. The molecule has 0 N–H and O–H groups in total. The topological polar surface area (TPSA) is 43.9 Å². The normalized spacial score (nSPS) is 19.7. The van der Waals surface area contributed by atoms with E-state index in [-0.39, 0.29) is 29.4 Å². The van der Waals surface area contributed by atoms with Gasteiger partial charge < -0.3 is 14.7 Å². The van der Waals surface area contributed by atoms with Crippen molar-refractivity contribution in [1.29, 1.82) is 0 Å². The third kappa shape index (κ3) is 4.45. The summed E-state index contributed by atoms with van der Waals surface area (Å²) >= 11 is 0. The zero-order valence-corrected chi connectivity index (χ0v) is 16.8. The van der Waals surface area contributed by atoms with Gasteiger partial charge in [-0.1, -0.05) is 0 Å². The molecule has 0 saturated carbocycles. The first-order chi connectivity index (χ1) is 14.5. The molecule has 0 unspecified atom stereocenters. The molecule has 0 aromatic heterocycles.